The first-order chi connectivity index (χ1) is 37.7. The van der Waals surface area contributed by atoms with Gasteiger partial charge >= 0.3 is 0 Å². The molecule has 0 amide bonds. The molecule has 8 aromatic rings. The van der Waals surface area contributed by atoms with Gasteiger partial charge in [-0.2, -0.15) is 0 Å². The molecule has 7 aromatic carbocycles. The van der Waals surface area contributed by atoms with Gasteiger partial charge in [-0.05, 0) is 229 Å². The lowest BCUT2D eigenvalue weighted by Gasteiger charge is -2.44. The van der Waals surface area contributed by atoms with E-state index in [2.05, 4.69) is 269 Å². The highest BCUT2D eigenvalue weighted by atomic mass is 16.3. The van der Waals surface area contributed by atoms with Gasteiger partial charge in [0.15, 0.2) is 0 Å². The summed E-state index contributed by atoms with van der Waals surface area (Å²) in [6.07, 6.45) is 6.99. The quantitative estimate of drug-likeness (QED) is 0.155. The first kappa shape index (κ1) is 55.3. The zero-order valence-electron chi connectivity index (χ0n) is 53.2. The molecule has 12 rings (SSSR count). The Morgan fingerprint density at radius 3 is 1.40 bits per heavy atom. The Hall–Kier alpha value is -6.20. The number of aryl methyl sites for hydroxylation is 1. The summed E-state index contributed by atoms with van der Waals surface area (Å²) in [6, 6.07) is 46.1. The number of hydrogen-bond acceptors (Lipinski definition) is 4. The molecule has 420 valence electrons. The zero-order valence-corrected chi connectivity index (χ0v) is 53.2. The molecule has 1 aliphatic heterocycles. The van der Waals surface area contributed by atoms with Crippen LogP contribution in [0.4, 0.5) is 45.5 Å². The second kappa shape index (κ2) is 18.2. The number of anilines is 8. The van der Waals surface area contributed by atoms with Crippen LogP contribution in [0.1, 0.15) is 213 Å². The van der Waals surface area contributed by atoms with Crippen molar-refractivity contribution in [1.29, 1.82) is 0 Å². The first-order valence-corrected chi connectivity index (χ1v) is 30.7. The number of benzene rings is 7. The Morgan fingerprint density at radius 1 is 0.420 bits per heavy atom. The molecule has 0 bridgehead atoms. The molecule has 81 heavy (non-hydrogen) atoms. The number of rotatable bonds is 6. The molecule has 3 aliphatic carbocycles. The monoisotopic (exact) mass is 1070 g/mol. The van der Waals surface area contributed by atoms with E-state index in [0.717, 1.165) is 47.5 Å². The van der Waals surface area contributed by atoms with Crippen LogP contribution >= 0.6 is 0 Å². The fourth-order valence-corrected chi connectivity index (χ4v) is 14.9. The van der Waals surface area contributed by atoms with E-state index < -0.39 is 0 Å². The third kappa shape index (κ3) is 9.07. The Balaban J connectivity index is 1.18. The van der Waals surface area contributed by atoms with E-state index in [9.17, 15) is 0 Å². The third-order valence-corrected chi connectivity index (χ3v) is 21.0. The van der Waals surface area contributed by atoms with Crippen LogP contribution in [-0.4, -0.2) is 14.3 Å². The van der Waals surface area contributed by atoms with Crippen LogP contribution in [-0.2, 0) is 43.3 Å². The summed E-state index contributed by atoms with van der Waals surface area (Å²) in [5.41, 5.74) is 27.1. The molecule has 0 atom stereocenters. The number of hydrogen-bond donors (Lipinski definition) is 0. The predicted octanol–water partition coefficient (Wildman–Crippen LogP) is 19.9. The fourth-order valence-electron chi connectivity index (χ4n) is 14.9. The first-order valence-electron chi connectivity index (χ1n) is 30.7. The molecule has 0 saturated carbocycles. The third-order valence-electron chi connectivity index (χ3n) is 21.0. The van der Waals surface area contributed by atoms with Crippen LogP contribution in [0.2, 0.25) is 0 Å². The fraction of sp³-hybridized carbons (Fsp3) is 0.447. The SMILES string of the molecule is Cc1cc2c(cc1N1c3cc(N(c4ccc(C(C)(C)C)cc4)c4ccc(C(C)(C)C)cc4)cc(N(C)c4ccc5c(c4)C(C)(C)CCC5(C)C)c3Bc3c1ccc1c3oc3cc4c(cc31)C(C)(C)CCC4(C)C)C(C)(C)CCC2(C)C. The zero-order chi connectivity index (χ0) is 58.1. The second-order valence-electron chi connectivity index (χ2n) is 31.6. The molecule has 4 nitrogen and oxygen atoms in total. The van der Waals surface area contributed by atoms with E-state index in [1.807, 2.05) is 0 Å². The standard InChI is InChI=1S/C76H92BN3O/c1-46-39-56-59(75(16,17)37-35-72(56,10)11)44-62(46)80-61-32-30-53-54-43-58-60(76(18,19)38-36-74(58,14)15)45-65(54)81-68(53)67(61)77-66-63(78(20)51-29-31-55-57(40-51)73(12,13)34-33-71(55,8)9)41-52(42-64(66)80)79(49-25-21-47(22-26-49)69(2,3)4)50-27-23-48(24-28-50)70(5,6)7/h21-32,39-45,77H,33-38H2,1-20H3. The van der Waals surface area contributed by atoms with Gasteiger partial charge in [0.2, 0.25) is 7.28 Å². The van der Waals surface area contributed by atoms with Crippen LogP contribution < -0.4 is 25.6 Å². The smallest absolute Gasteiger partial charge is 0.205 e. The second-order valence-corrected chi connectivity index (χ2v) is 31.6. The van der Waals surface area contributed by atoms with Crippen molar-refractivity contribution < 1.29 is 4.42 Å². The van der Waals surface area contributed by atoms with Gasteiger partial charge in [-0.25, -0.2) is 0 Å². The minimum Gasteiger partial charge on any atom is -0.457 e. The molecule has 1 aromatic heterocycles. The highest BCUT2D eigenvalue weighted by Gasteiger charge is 2.42. The Bertz CT molecular complexity index is 3790. The van der Waals surface area contributed by atoms with Crippen molar-refractivity contribution in [2.45, 2.75) is 213 Å². The van der Waals surface area contributed by atoms with Gasteiger partial charge in [-0.1, -0.05) is 161 Å². The van der Waals surface area contributed by atoms with Crippen molar-refractivity contribution in [2.24, 2.45) is 0 Å². The molecule has 2 heterocycles. The predicted molar refractivity (Wildman–Crippen MR) is 352 cm³/mol. The Kier molecular flexibility index (Phi) is 12.4. The molecule has 4 aliphatic rings. The van der Waals surface area contributed by atoms with Crippen LogP contribution in [0.25, 0.3) is 21.9 Å². The van der Waals surface area contributed by atoms with Gasteiger partial charge in [-0.15, -0.1) is 0 Å². The average molecular weight is 1070 g/mol. The normalized spacial score (nSPS) is 19.0. The van der Waals surface area contributed by atoms with E-state index in [1.54, 1.807) is 0 Å². The molecule has 0 fully saturated rings. The van der Waals surface area contributed by atoms with Crippen LogP contribution in [0.3, 0.4) is 0 Å². The molecule has 0 unspecified atom stereocenters. The lowest BCUT2D eigenvalue weighted by Crippen LogP contribution is -2.43. The van der Waals surface area contributed by atoms with E-state index >= 15 is 0 Å². The van der Waals surface area contributed by atoms with Gasteiger partial charge in [-0.3, -0.25) is 0 Å². The van der Waals surface area contributed by atoms with Crippen LogP contribution in [0.5, 0.6) is 0 Å². The van der Waals surface area contributed by atoms with Crippen molar-refractivity contribution >= 4 is 85.6 Å². The summed E-state index contributed by atoms with van der Waals surface area (Å²) in [4.78, 5) is 7.70. The van der Waals surface area contributed by atoms with Gasteiger partial charge < -0.3 is 19.1 Å². The average Bonchev–Trinajstić information content (AvgIpc) is 4.01. The molecule has 0 saturated heterocycles. The summed E-state index contributed by atoms with van der Waals surface area (Å²) in [5.74, 6) is 0. The molecule has 0 spiro atoms. The molecular weight excluding hydrogens is 982 g/mol. The number of furan rings is 1. The molecule has 0 N–H and O–H groups in total. The molecule has 0 radical (unpaired) electrons. The maximum atomic E-state index is 7.44. The summed E-state index contributed by atoms with van der Waals surface area (Å²) in [6.45, 7) is 45.6. The van der Waals surface area contributed by atoms with Crippen molar-refractivity contribution in [3.05, 3.63) is 165 Å². The van der Waals surface area contributed by atoms with Crippen LogP contribution in [0.15, 0.2) is 120 Å². The highest BCUT2D eigenvalue weighted by Crippen LogP contribution is 2.54. The van der Waals surface area contributed by atoms with E-state index in [1.165, 1.54) is 119 Å². The largest absolute Gasteiger partial charge is 0.457 e. The maximum absolute atomic E-state index is 7.44. The van der Waals surface area contributed by atoms with Gasteiger partial charge in [0, 0.05) is 57.6 Å². The van der Waals surface area contributed by atoms with Gasteiger partial charge in [0.1, 0.15) is 11.2 Å². The van der Waals surface area contributed by atoms with Crippen molar-refractivity contribution in [3.8, 4) is 0 Å². The van der Waals surface area contributed by atoms with Gasteiger partial charge in [0.25, 0.3) is 0 Å². The lowest BCUT2D eigenvalue weighted by molar-refractivity contribution is 0.332. The lowest BCUT2D eigenvalue weighted by atomic mass is 9.58. The minimum absolute atomic E-state index is 0.00928. The highest BCUT2D eigenvalue weighted by molar-refractivity contribution is 6.75. The number of fused-ring (bicyclic) bond motifs is 9. The van der Waals surface area contributed by atoms with Gasteiger partial charge in [0.05, 0.1) is 5.69 Å². The maximum Gasteiger partial charge on any atom is 0.205 e. The Morgan fingerprint density at radius 2 is 0.877 bits per heavy atom. The van der Waals surface area contributed by atoms with Crippen molar-refractivity contribution in [1.82, 2.24) is 0 Å². The Labute approximate surface area is 488 Å². The molecule has 5 heteroatoms. The van der Waals surface area contributed by atoms with Crippen molar-refractivity contribution in [3.63, 3.8) is 0 Å². The van der Waals surface area contributed by atoms with E-state index in [0.29, 0.717) is 7.28 Å². The van der Waals surface area contributed by atoms with Crippen molar-refractivity contribution in [2.75, 3.05) is 21.7 Å². The number of nitrogens with zero attached hydrogens (tertiary/aromatic N) is 3. The summed E-state index contributed by atoms with van der Waals surface area (Å²) >= 11 is 0. The minimum atomic E-state index is 0.00928. The van der Waals surface area contributed by atoms with Crippen LogP contribution in [0, 0.1) is 6.92 Å². The summed E-state index contributed by atoms with van der Waals surface area (Å²) < 4.78 is 7.44. The van der Waals surface area contributed by atoms with E-state index in [-0.39, 0.29) is 43.3 Å². The molecular formula is C76H92BN3O. The summed E-state index contributed by atoms with van der Waals surface area (Å²) in [5, 5.41) is 2.43. The summed E-state index contributed by atoms with van der Waals surface area (Å²) in [7, 11) is 3.04. The topological polar surface area (TPSA) is 22.9 Å². The van der Waals surface area contributed by atoms with E-state index in [4.69, 9.17) is 4.42 Å².